The number of nitrogens with two attached hydrogens (primary N) is 1. The van der Waals surface area contributed by atoms with Gasteiger partial charge in [-0.3, -0.25) is 4.90 Å². The van der Waals surface area contributed by atoms with Gasteiger partial charge in [-0.25, -0.2) is 14.6 Å². The molecular formula is C17H25N3O5. The van der Waals surface area contributed by atoms with Gasteiger partial charge in [0, 0.05) is 5.56 Å². The number of carbonyl (C=O) groups excluding carboxylic acids is 2. The van der Waals surface area contributed by atoms with Crippen molar-refractivity contribution in [2.24, 2.45) is 0 Å². The zero-order valence-electron chi connectivity index (χ0n) is 15.2. The number of pyridine rings is 1. The molecule has 0 aliphatic carbocycles. The quantitative estimate of drug-likeness (QED) is 0.814. The fourth-order valence-electron chi connectivity index (χ4n) is 2.67. The second kappa shape index (κ2) is 7.26. The van der Waals surface area contributed by atoms with Gasteiger partial charge in [0.05, 0.1) is 44.3 Å². The number of carbonyl (C=O) groups is 2. The highest BCUT2D eigenvalue weighted by Gasteiger charge is 2.37. The molecule has 1 saturated heterocycles. The number of hydrogen-bond acceptors (Lipinski definition) is 7. The molecule has 2 atom stereocenters. The molecule has 1 aromatic heterocycles. The van der Waals surface area contributed by atoms with Gasteiger partial charge in [0.25, 0.3) is 0 Å². The van der Waals surface area contributed by atoms with Gasteiger partial charge in [0.1, 0.15) is 11.3 Å². The average Bonchev–Trinajstić information content (AvgIpc) is 2.52. The lowest BCUT2D eigenvalue weighted by atomic mass is 10.0. The van der Waals surface area contributed by atoms with E-state index >= 15 is 0 Å². The molecule has 25 heavy (non-hydrogen) atoms. The van der Waals surface area contributed by atoms with Crippen LogP contribution in [0.4, 0.5) is 10.5 Å². The van der Waals surface area contributed by atoms with Crippen molar-refractivity contribution in [2.45, 2.75) is 45.4 Å². The lowest BCUT2D eigenvalue weighted by Gasteiger charge is -2.41. The van der Waals surface area contributed by atoms with E-state index in [1.807, 2.05) is 6.92 Å². The van der Waals surface area contributed by atoms with Crippen LogP contribution >= 0.6 is 0 Å². The summed E-state index contributed by atoms with van der Waals surface area (Å²) in [5.41, 5.74) is 6.48. The Labute approximate surface area is 147 Å². The number of nitrogen functional groups attached to an aromatic ring is 1. The monoisotopic (exact) mass is 351 g/mol. The molecule has 1 aliphatic heterocycles. The minimum atomic E-state index is -0.624. The van der Waals surface area contributed by atoms with Gasteiger partial charge in [-0.1, -0.05) is 0 Å². The number of esters is 1. The van der Waals surface area contributed by atoms with E-state index in [1.54, 1.807) is 25.7 Å². The molecule has 0 aromatic carbocycles. The third-order valence-corrected chi connectivity index (χ3v) is 3.77. The summed E-state index contributed by atoms with van der Waals surface area (Å²) in [6, 6.07) is 0.845. The molecular weight excluding hydrogens is 326 g/mol. The standard InChI is InChI=1S/C17H25N3O5/c1-10-8-24-9-14(20(10)16(22)25-17(2,3)4)11-6-13(15(21)23-5)19-7-12(11)18/h6-7,10,14H,8-9,18H2,1-5H3/t10-,14+/m0/s1. The number of morpholine rings is 1. The Balaban J connectivity index is 2.40. The van der Waals surface area contributed by atoms with Gasteiger partial charge in [-0.2, -0.15) is 0 Å². The van der Waals surface area contributed by atoms with Crippen LogP contribution in [0.25, 0.3) is 0 Å². The molecule has 8 heteroatoms. The summed E-state index contributed by atoms with van der Waals surface area (Å²) in [5, 5.41) is 0. The molecule has 2 heterocycles. The van der Waals surface area contributed by atoms with Gasteiger partial charge in [0.2, 0.25) is 0 Å². The van der Waals surface area contributed by atoms with Crippen molar-refractivity contribution in [1.29, 1.82) is 0 Å². The van der Waals surface area contributed by atoms with Crippen molar-refractivity contribution in [2.75, 3.05) is 26.1 Å². The zero-order valence-corrected chi connectivity index (χ0v) is 15.2. The SMILES string of the molecule is COC(=O)c1cc([C@H]2COC[C@H](C)N2C(=O)OC(C)(C)C)c(N)cn1. The molecule has 0 saturated carbocycles. The topological polar surface area (TPSA) is 104 Å². The van der Waals surface area contributed by atoms with Crippen LogP contribution in [0.1, 0.15) is 49.8 Å². The van der Waals surface area contributed by atoms with E-state index in [1.165, 1.54) is 19.4 Å². The third-order valence-electron chi connectivity index (χ3n) is 3.77. The van der Waals surface area contributed by atoms with Crippen molar-refractivity contribution >= 4 is 17.7 Å². The van der Waals surface area contributed by atoms with E-state index in [0.29, 0.717) is 17.9 Å². The Bertz CT molecular complexity index is 656. The minimum absolute atomic E-state index is 0.120. The Hall–Kier alpha value is -2.35. The van der Waals surface area contributed by atoms with Crippen molar-refractivity contribution in [3.8, 4) is 0 Å². The zero-order chi connectivity index (χ0) is 18.8. The minimum Gasteiger partial charge on any atom is -0.464 e. The maximum Gasteiger partial charge on any atom is 0.411 e. The lowest BCUT2D eigenvalue weighted by molar-refractivity contribution is -0.0571. The molecule has 0 bridgehead atoms. The predicted molar refractivity (Wildman–Crippen MR) is 91.1 cm³/mol. The fraction of sp³-hybridized carbons (Fsp3) is 0.588. The Morgan fingerprint density at radius 1 is 1.36 bits per heavy atom. The van der Waals surface area contributed by atoms with E-state index in [4.69, 9.17) is 19.9 Å². The number of aromatic nitrogens is 1. The lowest BCUT2D eigenvalue weighted by Crippen LogP contribution is -2.51. The first-order valence-electron chi connectivity index (χ1n) is 8.07. The summed E-state index contributed by atoms with van der Waals surface area (Å²) in [7, 11) is 1.28. The summed E-state index contributed by atoms with van der Waals surface area (Å²) in [5.74, 6) is -0.574. The van der Waals surface area contributed by atoms with Crippen LogP contribution < -0.4 is 5.73 Å². The molecule has 1 aromatic rings. The number of ether oxygens (including phenoxy) is 3. The van der Waals surface area contributed by atoms with Crippen LogP contribution in [-0.4, -0.2) is 53.9 Å². The Morgan fingerprint density at radius 2 is 2.04 bits per heavy atom. The average molecular weight is 351 g/mol. The number of nitrogens with zero attached hydrogens (tertiary/aromatic N) is 2. The summed E-state index contributed by atoms with van der Waals surface area (Å²) in [4.78, 5) is 30.0. The highest BCUT2D eigenvalue weighted by molar-refractivity contribution is 5.87. The molecule has 2 rings (SSSR count). The van der Waals surface area contributed by atoms with E-state index < -0.39 is 23.7 Å². The van der Waals surface area contributed by atoms with E-state index in [-0.39, 0.29) is 18.3 Å². The van der Waals surface area contributed by atoms with E-state index in [9.17, 15) is 9.59 Å². The van der Waals surface area contributed by atoms with Crippen molar-refractivity contribution in [3.63, 3.8) is 0 Å². The molecule has 0 spiro atoms. The molecule has 8 nitrogen and oxygen atoms in total. The van der Waals surface area contributed by atoms with Crippen LogP contribution in [0.2, 0.25) is 0 Å². The summed E-state index contributed by atoms with van der Waals surface area (Å²) < 4.78 is 15.8. The number of hydrogen-bond donors (Lipinski definition) is 1. The van der Waals surface area contributed by atoms with Crippen LogP contribution in [0.3, 0.4) is 0 Å². The smallest absolute Gasteiger partial charge is 0.411 e. The summed E-state index contributed by atoms with van der Waals surface area (Å²) in [6.07, 6.45) is 0.929. The molecule has 1 amide bonds. The van der Waals surface area contributed by atoms with Crippen molar-refractivity contribution in [3.05, 3.63) is 23.5 Å². The number of anilines is 1. The third kappa shape index (κ3) is 4.39. The van der Waals surface area contributed by atoms with E-state index in [0.717, 1.165) is 0 Å². The first kappa shape index (κ1) is 19.0. The normalized spacial score (nSPS) is 20.9. The Kier molecular flexibility index (Phi) is 5.52. The molecule has 1 fully saturated rings. The van der Waals surface area contributed by atoms with E-state index in [2.05, 4.69) is 4.98 Å². The number of amides is 1. The van der Waals surface area contributed by atoms with Crippen LogP contribution in [0.15, 0.2) is 12.3 Å². The maximum atomic E-state index is 12.7. The van der Waals surface area contributed by atoms with Gasteiger partial charge < -0.3 is 19.9 Å². The molecule has 0 radical (unpaired) electrons. The van der Waals surface area contributed by atoms with Crippen molar-refractivity contribution < 1.29 is 23.8 Å². The summed E-state index contributed by atoms with van der Waals surface area (Å²) in [6.45, 7) is 7.93. The molecule has 0 unspecified atom stereocenters. The molecule has 1 aliphatic rings. The highest BCUT2D eigenvalue weighted by atomic mass is 16.6. The van der Waals surface area contributed by atoms with Crippen molar-refractivity contribution in [1.82, 2.24) is 9.88 Å². The van der Waals surface area contributed by atoms with Crippen LogP contribution in [-0.2, 0) is 14.2 Å². The highest BCUT2D eigenvalue weighted by Crippen LogP contribution is 2.32. The first-order chi connectivity index (χ1) is 11.6. The van der Waals surface area contributed by atoms with Crippen LogP contribution in [0, 0.1) is 0 Å². The summed E-state index contributed by atoms with van der Waals surface area (Å²) >= 11 is 0. The maximum absolute atomic E-state index is 12.7. The largest absolute Gasteiger partial charge is 0.464 e. The number of methoxy groups -OCH3 is 1. The Morgan fingerprint density at radius 3 is 2.64 bits per heavy atom. The fourth-order valence-corrected chi connectivity index (χ4v) is 2.67. The first-order valence-corrected chi connectivity index (χ1v) is 8.07. The predicted octanol–water partition coefficient (Wildman–Crippen LogP) is 2.15. The molecule has 2 N–H and O–H groups in total. The van der Waals surface area contributed by atoms with Gasteiger partial charge in [-0.05, 0) is 33.8 Å². The van der Waals surface area contributed by atoms with Gasteiger partial charge in [-0.15, -0.1) is 0 Å². The van der Waals surface area contributed by atoms with Crippen LogP contribution in [0.5, 0.6) is 0 Å². The van der Waals surface area contributed by atoms with Gasteiger partial charge in [0.15, 0.2) is 0 Å². The second-order valence-electron chi connectivity index (χ2n) is 6.98. The van der Waals surface area contributed by atoms with Gasteiger partial charge >= 0.3 is 12.1 Å². The number of rotatable bonds is 2. The molecule has 138 valence electrons. The second-order valence-corrected chi connectivity index (χ2v) is 6.98.